The summed E-state index contributed by atoms with van der Waals surface area (Å²) in [6, 6.07) is 0. The zero-order valence-corrected chi connectivity index (χ0v) is 27.7. The van der Waals surface area contributed by atoms with Crippen molar-refractivity contribution in [3.8, 4) is 12.3 Å². The van der Waals surface area contributed by atoms with Crippen LogP contribution in [0.4, 0.5) is 0 Å². The van der Waals surface area contributed by atoms with Crippen LogP contribution in [0.2, 0.25) is 26.2 Å². The highest BCUT2D eigenvalue weighted by atomic mass is 127. The lowest BCUT2D eigenvalue weighted by molar-refractivity contribution is -0.193. The summed E-state index contributed by atoms with van der Waals surface area (Å²) >= 11 is 2.15. The van der Waals surface area contributed by atoms with Crippen molar-refractivity contribution in [2.24, 2.45) is 24.3 Å². The second-order valence-electron chi connectivity index (χ2n) is 8.20. The fourth-order valence-electron chi connectivity index (χ4n) is 1.19. The van der Waals surface area contributed by atoms with E-state index >= 15 is 0 Å². The Kier molecular flexibility index (Phi) is 38.5. The SMILES string of the molecule is C#CC(=O)OC.CC1=CN=NC1.CI.C[Si](C)(C)C.Cc1cnnn1C.Cn1nncc1CO.O=C=O.O=C=O. The van der Waals surface area contributed by atoms with Gasteiger partial charge in [-0.2, -0.15) is 29.4 Å². The van der Waals surface area contributed by atoms with Gasteiger partial charge in [-0.3, -0.25) is 9.36 Å². The topological polar surface area (TPSA) is 201 Å². The monoisotopic (exact) mass is 694 g/mol. The van der Waals surface area contributed by atoms with Crippen molar-refractivity contribution in [1.82, 2.24) is 30.0 Å². The summed E-state index contributed by atoms with van der Waals surface area (Å²) in [5.41, 5.74) is 3.06. The number of alkyl halides is 1. The van der Waals surface area contributed by atoms with E-state index in [1.54, 1.807) is 30.0 Å². The Bertz CT molecular complexity index is 1030. The summed E-state index contributed by atoms with van der Waals surface area (Å²) in [6.07, 6.45) is 10.1. The first-order valence-corrected chi connectivity index (χ1v) is 17.0. The summed E-state index contributed by atoms with van der Waals surface area (Å²) in [5.74, 6) is 1.12. The lowest BCUT2D eigenvalue weighted by atomic mass is 10.4. The molecule has 0 fully saturated rings. The van der Waals surface area contributed by atoms with E-state index < -0.39 is 14.0 Å². The fourth-order valence-corrected chi connectivity index (χ4v) is 1.19. The van der Waals surface area contributed by atoms with Crippen LogP contribution < -0.4 is 0 Å². The number of hydrogen-bond donors (Lipinski definition) is 1. The molecule has 17 heteroatoms. The second kappa shape index (κ2) is 33.3. The van der Waals surface area contributed by atoms with Gasteiger partial charge in [0.2, 0.25) is 0 Å². The molecule has 0 aromatic carbocycles. The highest BCUT2D eigenvalue weighted by molar-refractivity contribution is 14.1. The third-order valence-corrected chi connectivity index (χ3v) is 2.89. The molecule has 1 aliphatic rings. The highest BCUT2D eigenvalue weighted by Gasteiger charge is 1.99. The molecule has 3 rings (SSSR count). The van der Waals surface area contributed by atoms with Gasteiger partial charge in [0, 0.05) is 34.3 Å². The normalized spacial score (nSPS) is 9.32. The second-order valence-corrected chi connectivity index (χ2v) is 14.2. The number of aromatic nitrogens is 6. The Labute approximate surface area is 249 Å². The zero-order valence-electron chi connectivity index (χ0n) is 24.6. The average molecular weight is 695 g/mol. The van der Waals surface area contributed by atoms with Crippen LogP contribution >= 0.6 is 22.6 Å². The standard InChI is InChI=1S/C4H7N3O.C4H7N3.C4H6N2.C4H4O2.C4H12Si.CH3I.2CO2/c1-7-4(3-8)2-5-6-7;1-4-3-5-6-7(4)2;1-4-2-5-6-3-4;1-3-4(5)6-2;1-5(2,3)4;1-2;2*2-1-3/h2,8H,3H2,1H3;3H,1-2H3;2H,3H2,1H3;1H,2H3;1-4H3;1H3;;. The summed E-state index contributed by atoms with van der Waals surface area (Å²) in [7, 11) is 4.23. The molecule has 40 heavy (non-hydrogen) atoms. The van der Waals surface area contributed by atoms with Crippen molar-refractivity contribution < 1.29 is 33.8 Å². The first-order chi connectivity index (χ1) is 18.7. The molecule has 0 spiro atoms. The smallest absolute Gasteiger partial charge is 0.383 e. The van der Waals surface area contributed by atoms with Crippen molar-refractivity contribution in [1.29, 1.82) is 0 Å². The van der Waals surface area contributed by atoms with Gasteiger partial charge in [0.15, 0.2) is 0 Å². The minimum Gasteiger partial charge on any atom is -0.459 e. The fraction of sp³-hybridized carbons (Fsp3) is 0.522. The lowest BCUT2D eigenvalue weighted by Gasteiger charge is -2.01. The van der Waals surface area contributed by atoms with E-state index in [1.807, 2.05) is 25.8 Å². The van der Waals surface area contributed by atoms with Crippen molar-refractivity contribution in [3.05, 3.63) is 35.6 Å². The van der Waals surface area contributed by atoms with E-state index in [2.05, 4.69) is 90.8 Å². The first kappa shape index (κ1) is 46.2. The number of ether oxygens (including phenoxy) is 1. The first-order valence-electron chi connectivity index (χ1n) is 10.9. The molecule has 1 aliphatic heterocycles. The van der Waals surface area contributed by atoms with Crippen molar-refractivity contribution in [2.45, 2.75) is 46.6 Å². The number of aryl methyl sites for hydroxylation is 3. The maximum absolute atomic E-state index is 9.72. The molecular weight excluding hydrogens is 655 g/mol. The number of azo groups is 1. The van der Waals surface area contributed by atoms with Crippen LogP contribution in [0, 0.1) is 19.3 Å². The number of halogens is 1. The number of rotatable bonds is 1. The Morgan fingerprint density at radius 3 is 1.55 bits per heavy atom. The maximum Gasteiger partial charge on any atom is 0.383 e. The molecule has 0 atom stereocenters. The molecule has 0 bridgehead atoms. The predicted molar refractivity (Wildman–Crippen MR) is 156 cm³/mol. The van der Waals surface area contributed by atoms with Gasteiger partial charge in [-0.1, -0.05) is 59.2 Å². The van der Waals surface area contributed by atoms with Crippen LogP contribution in [0.25, 0.3) is 0 Å². The molecule has 3 heterocycles. The van der Waals surface area contributed by atoms with E-state index in [0.29, 0.717) is 0 Å². The Balaban J connectivity index is -0.000000121. The largest absolute Gasteiger partial charge is 0.459 e. The number of aliphatic hydroxyl groups is 1. The molecular formula is C23H39IN8O7Si. The van der Waals surface area contributed by atoms with Crippen LogP contribution in [0.1, 0.15) is 18.3 Å². The van der Waals surface area contributed by atoms with E-state index in [0.717, 1.165) is 17.9 Å². The Morgan fingerprint density at radius 1 is 1.02 bits per heavy atom. The van der Waals surface area contributed by atoms with Crippen LogP contribution in [0.15, 0.2) is 34.4 Å². The maximum atomic E-state index is 9.72. The average Bonchev–Trinajstić information content (AvgIpc) is 3.64. The molecule has 15 nitrogen and oxygen atoms in total. The number of carbonyl (C=O) groups excluding carboxylic acids is 5. The molecule has 0 unspecified atom stereocenters. The van der Waals surface area contributed by atoms with Gasteiger partial charge in [0.1, 0.15) is 0 Å². The number of carbonyl (C=O) groups is 1. The van der Waals surface area contributed by atoms with Crippen LogP contribution in [0.3, 0.4) is 0 Å². The quantitative estimate of drug-likeness (QED) is 0.115. The van der Waals surface area contributed by atoms with Gasteiger partial charge in [-0.25, -0.2) is 4.79 Å². The van der Waals surface area contributed by atoms with Crippen LogP contribution in [-0.2, 0) is 49.4 Å². The third-order valence-electron chi connectivity index (χ3n) is 2.89. The number of hydrogen-bond acceptors (Lipinski definition) is 13. The summed E-state index contributed by atoms with van der Waals surface area (Å²) < 4.78 is 7.27. The molecule has 0 amide bonds. The van der Waals surface area contributed by atoms with E-state index in [4.69, 9.17) is 24.3 Å². The van der Waals surface area contributed by atoms with Gasteiger partial charge in [-0.15, -0.1) is 16.6 Å². The van der Waals surface area contributed by atoms with Crippen molar-refractivity contribution >= 4 is 48.9 Å². The molecule has 0 radical (unpaired) electrons. The highest BCUT2D eigenvalue weighted by Crippen LogP contribution is 2.00. The van der Waals surface area contributed by atoms with Crippen LogP contribution in [-0.4, -0.2) is 80.0 Å². The minimum atomic E-state index is -0.630. The molecule has 0 saturated carbocycles. The lowest BCUT2D eigenvalue weighted by Crippen LogP contribution is -2.10. The number of esters is 1. The Morgan fingerprint density at radius 2 is 1.45 bits per heavy atom. The molecule has 0 aliphatic carbocycles. The van der Waals surface area contributed by atoms with Gasteiger partial charge < -0.3 is 9.84 Å². The van der Waals surface area contributed by atoms with Gasteiger partial charge in [0.25, 0.3) is 0 Å². The number of methoxy groups -OCH3 is 1. The van der Waals surface area contributed by atoms with Crippen LogP contribution in [0.5, 0.6) is 0 Å². The van der Waals surface area contributed by atoms with Gasteiger partial charge in [-0.05, 0) is 24.4 Å². The number of nitrogens with zero attached hydrogens (tertiary/aromatic N) is 8. The number of terminal acetylenes is 1. The van der Waals surface area contributed by atoms with E-state index in [1.165, 1.54) is 23.6 Å². The van der Waals surface area contributed by atoms with Crippen molar-refractivity contribution in [2.75, 3.05) is 18.6 Å². The van der Waals surface area contributed by atoms with Gasteiger partial charge >= 0.3 is 18.3 Å². The zero-order chi connectivity index (χ0) is 32.6. The molecule has 1 N–H and O–H groups in total. The molecule has 224 valence electrons. The summed E-state index contributed by atoms with van der Waals surface area (Å²) in [4.78, 5) is 44.2. The molecule has 2 aromatic heterocycles. The molecule has 0 saturated heterocycles. The summed E-state index contributed by atoms with van der Waals surface area (Å²) in [6.45, 7) is 14.1. The van der Waals surface area contributed by atoms with Gasteiger partial charge in [0.05, 0.1) is 44.0 Å². The van der Waals surface area contributed by atoms with E-state index in [-0.39, 0.29) is 18.9 Å². The Hall–Kier alpha value is -3.68. The number of aliphatic hydroxyl groups excluding tert-OH is 1. The predicted octanol–water partition coefficient (Wildman–Crippen LogP) is 2.42. The summed E-state index contributed by atoms with van der Waals surface area (Å²) in [5, 5.41) is 30.3. The van der Waals surface area contributed by atoms with E-state index in [9.17, 15) is 4.79 Å². The van der Waals surface area contributed by atoms with Crippen molar-refractivity contribution in [3.63, 3.8) is 0 Å². The molecule has 2 aromatic rings. The minimum absolute atomic E-state index is 0.00347. The third kappa shape index (κ3) is 44.3.